The minimum Gasteiger partial charge on any atom is -0.376 e. The Labute approximate surface area is 146 Å². The first-order chi connectivity index (χ1) is 11.7. The molecule has 3 rings (SSSR count). The monoisotopic (exact) mass is 351 g/mol. The number of carbonyl (C=O) groups excluding carboxylic acids is 2. The van der Waals surface area contributed by atoms with E-state index in [2.05, 4.69) is 5.32 Å². The number of hydrogen-bond acceptors (Lipinski definition) is 4. The molecule has 2 fully saturated rings. The van der Waals surface area contributed by atoms with Crippen LogP contribution in [-0.2, 0) is 16.1 Å². The maximum atomic E-state index is 12.6. The van der Waals surface area contributed by atoms with E-state index in [0.717, 1.165) is 50.3 Å². The van der Waals surface area contributed by atoms with Gasteiger partial charge in [0.25, 0.3) is 0 Å². The Hall–Kier alpha value is -1.60. The number of thiophene rings is 1. The minimum atomic E-state index is -0.188. The fraction of sp³-hybridized carbons (Fsp3) is 0.647. The van der Waals surface area contributed by atoms with Crippen LogP contribution in [0, 0.1) is 0 Å². The minimum absolute atomic E-state index is 0.00837. The average Bonchev–Trinajstić information content (AvgIpc) is 3.33. The average molecular weight is 351 g/mol. The molecule has 6 nitrogen and oxygen atoms in total. The number of carbonyl (C=O) groups is 2. The molecule has 2 aliphatic rings. The smallest absolute Gasteiger partial charge is 0.318 e. The maximum Gasteiger partial charge on any atom is 0.318 e. The molecule has 3 amide bonds. The summed E-state index contributed by atoms with van der Waals surface area (Å²) in [6, 6.07) is 3.82. The van der Waals surface area contributed by atoms with E-state index < -0.39 is 0 Å². The van der Waals surface area contributed by atoms with Crippen LogP contribution in [0.3, 0.4) is 0 Å². The highest BCUT2D eigenvalue weighted by molar-refractivity contribution is 7.09. The lowest BCUT2D eigenvalue weighted by atomic mass is 10.2. The van der Waals surface area contributed by atoms with Gasteiger partial charge < -0.3 is 19.9 Å². The zero-order valence-corrected chi connectivity index (χ0v) is 14.7. The third-order valence-corrected chi connectivity index (χ3v) is 5.37. The highest BCUT2D eigenvalue weighted by atomic mass is 32.1. The van der Waals surface area contributed by atoms with Gasteiger partial charge in [-0.15, -0.1) is 11.3 Å². The van der Waals surface area contributed by atoms with Crippen molar-refractivity contribution < 1.29 is 14.3 Å². The van der Waals surface area contributed by atoms with E-state index in [-0.39, 0.29) is 24.6 Å². The van der Waals surface area contributed by atoms with Crippen molar-refractivity contribution >= 4 is 23.3 Å². The molecule has 0 bridgehead atoms. The van der Waals surface area contributed by atoms with Gasteiger partial charge in [0.05, 0.1) is 19.2 Å². The quantitative estimate of drug-likeness (QED) is 0.853. The van der Waals surface area contributed by atoms with Crippen molar-refractivity contribution in [3.8, 4) is 0 Å². The molecule has 2 aliphatic heterocycles. The Kier molecular flexibility index (Phi) is 6.09. The Balaban J connectivity index is 1.53. The first-order valence-electron chi connectivity index (χ1n) is 8.67. The molecule has 0 spiro atoms. The van der Waals surface area contributed by atoms with E-state index in [1.165, 1.54) is 0 Å². The summed E-state index contributed by atoms with van der Waals surface area (Å²) in [6.45, 7) is 3.59. The molecule has 0 radical (unpaired) electrons. The first-order valence-corrected chi connectivity index (χ1v) is 9.55. The van der Waals surface area contributed by atoms with Gasteiger partial charge >= 0.3 is 6.03 Å². The summed E-state index contributed by atoms with van der Waals surface area (Å²) in [5, 5.41) is 4.80. The van der Waals surface area contributed by atoms with E-state index in [9.17, 15) is 9.59 Å². The fourth-order valence-corrected chi connectivity index (χ4v) is 3.90. The summed E-state index contributed by atoms with van der Waals surface area (Å²) in [7, 11) is 0. The largest absolute Gasteiger partial charge is 0.376 e. The van der Waals surface area contributed by atoms with E-state index in [1.807, 2.05) is 22.4 Å². The van der Waals surface area contributed by atoms with Gasteiger partial charge in [0.1, 0.15) is 0 Å². The normalized spacial score (nSPS) is 20.3. The number of ether oxygens (including phenoxy) is 1. The van der Waals surface area contributed by atoms with Crippen LogP contribution in [0.4, 0.5) is 4.79 Å². The predicted octanol–water partition coefficient (Wildman–Crippen LogP) is 2.06. The van der Waals surface area contributed by atoms with E-state index >= 15 is 0 Å². The van der Waals surface area contributed by atoms with Gasteiger partial charge in [0.15, 0.2) is 0 Å². The summed E-state index contributed by atoms with van der Waals surface area (Å²) < 4.78 is 5.67. The third-order valence-electron chi connectivity index (χ3n) is 4.51. The Morgan fingerprint density at radius 3 is 2.83 bits per heavy atom. The highest BCUT2D eigenvalue weighted by Gasteiger charge is 2.24. The van der Waals surface area contributed by atoms with Gasteiger partial charge in [0.2, 0.25) is 5.91 Å². The van der Waals surface area contributed by atoms with Crippen molar-refractivity contribution in [1.29, 1.82) is 0 Å². The lowest BCUT2D eigenvalue weighted by Gasteiger charge is -2.25. The van der Waals surface area contributed by atoms with Gasteiger partial charge in [-0.3, -0.25) is 4.79 Å². The molecule has 1 unspecified atom stereocenters. The molecular weight excluding hydrogens is 326 g/mol. The number of likely N-dealkylation sites (tertiary alicyclic amines) is 1. The van der Waals surface area contributed by atoms with Crippen molar-refractivity contribution in [2.24, 2.45) is 0 Å². The lowest BCUT2D eigenvalue weighted by molar-refractivity contribution is -0.129. The topological polar surface area (TPSA) is 61.9 Å². The van der Waals surface area contributed by atoms with E-state index in [0.29, 0.717) is 13.1 Å². The van der Waals surface area contributed by atoms with Crippen molar-refractivity contribution in [3.05, 3.63) is 22.4 Å². The van der Waals surface area contributed by atoms with E-state index in [4.69, 9.17) is 4.74 Å². The molecule has 0 saturated carbocycles. The van der Waals surface area contributed by atoms with Crippen LogP contribution >= 0.6 is 11.3 Å². The van der Waals surface area contributed by atoms with Crippen molar-refractivity contribution in [2.75, 3.05) is 32.8 Å². The van der Waals surface area contributed by atoms with Gasteiger partial charge in [-0.2, -0.15) is 0 Å². The number of hydrogen-bond donors (Lipinski definition) is 1. The van der Waals surface area contributed by atoms with Gasteiger partial charge in [-0.05, 0) is 37.1 Å². The summed E-state index contributed by atoms with van der Waals surface area (Å²) in [4.78, 5) is 29.4. The predicted molar refractivity (Wildman–Crippen MR) is 92.9 cm³/mol. The molecule has 0 aromatic carbocycles. The Bertz CT molecular complexity index is 537. The molecule has 2 saturated heterocycles. The Morgan fingerprint density at radius 1 is 1.33 bits per heavy atom. The Morgan fingerprint density at radius 2 is 2.17 bits per heavy atom. The number of urea groups is 1. The second-order valence-corrected chi connectivity index (χ2v) is 7.37. The number of nitrogens with one attached hydrogen (secondary N) is 1. The molecular formula is C17H25N3O3S. The molecule has 3 heterocycles. The molecule has 24 heavy (non-hydrogen) atoms. The van der Waals surface area contributed by atoms with Crippen LogP contribution in [0.15, 0.2) is 17.5 Å². The molecule has 1 aromatic heterocycles. The van der Waals surface area contributed by atoms with Crippen LogP contribution in [0.5, 0.6) is 0 Å². The van der Waals surface area contributed by atoms with Crippen molar-refractivity contribution in [3.63, 3.8) is 0 Å². The molecule has 7 heteroatoms. The van der Waals surface area contributed by atoms with Crippen molar-refractivity contribution in [2.45, 2.75) is 38.3 Å². The van der Waals surface area contributed by atoms with Crippen LogP contribution in [0.1, 0.15) is 30.6 Å². The van der Waals surface area contributed by atoms with E-state index in [1.54, 1.807) is 16.2 Å². The highest BCUT2D eigenvalue weighted by Crippen LogP contribution is 2.17. The molecule has 1 aromatic rings. The van der Waals surface area contributed by atoms with Gasteiger partial charge in [0, 0.05) is 31.1 Å². The number of rotatable bonds is 6. The summed E-state index contributed by atoms with van der Waals surface area (Å²) in [6.07, 6.45) is 4.25. The standard InChI is InChI=1S/C17H25N3O3S/c21-16(19-7-1-2-8-19)11-18-17(22)20(12-14-5-3-9-23-14)13-15-6-4-10-24-15/h4,6,10,14H,1-3,5,7-9,11-13H2,(H,18,22). The zero-order valence-electron chi connectivity index (χ0n) is 13.9. The number of nitrogens with zero attached hydrogens (tertiary/aromatic N) is 2. The molecule has 1 N–H and O–H groups in total. The number of amides is 3. The summed E-state index contributed by atoms with van der Waals surface area (Å²) in [5.41, 5.74) is 0. The first kappa shape index (κ1) is 17.2. The maximum absolute atomic E-state index is 12.6. The second-order valence-electron chi connectivity index (χ2n) is 6.34. The van der Waals surface area contributed by atoms with Gasteiger partial charge in [-0.25, -0.2) is 4.79 Å². The fourth-order valence-electron chi connectivity index (χ4n) is 3.19. The van der Waals surface area contributed by atoms with Crippen LogP contribution in [0.2, 0.25) is 0 Å². The SMILES string of the molecule is O=C(CNC(=O)N(Cc1cccs1)CC1CCCO1)N1CCCC1. The van der Waals surface area contributed by atoms with Crippen LogP contribution < -0.4 is 5.32 Å². The second kappa shape index (κ2) is 8.48. The lowest BCUT2D eigenvalue weighted by Crippen LogP contribution is -2.46. The summed E-state index contributed by atoms with van der Waals surface area (Å²) in [5.74, 6) is 0.00837. The van der Waals surface area contributed by atoms with Crippen molar-refractivity contribution in [1.82, 2.24) is 15.1 Å². The molecule has 0 aliphatic carbocycles. The molecule has 1 atom stereocenters. The third kappa shape index (κ3) is 4.70. The zero-order chi connectivity index (χ0) is 16.8. The van der Waals surface area contributed by atoms with Crippen LogP contribution in [0.25, 0.3) is 0 Å². The van der Waals surface area contributed by atoms with Gasteiger partial charge in [-0.1, -0.05) is 6.07 Å². The molecule has 132 valence electrons. The summed E-state index contributed by atoms with van der Waals surface area (Å²) >= 11 is 1.63. The van der Waals surface area contributed by atoms with Crippen LogP contribution in [-0.4, -0.2) is 60.6 Å².